The molecule has 0 spiro atoms. The first-order valence-electron chi connectivity index (χ1n) is 7.06. The summed E-state index contributed by atoms with van der Waals surface area (Å²) in [6.07, 6.45) is 1.06. The first-order valence-corrected chi connectivity index (χ1v) is 7.88. The Balaban J connectivity index is 1.79. The Morgan fingerprint density at radius 3 is 2.68 bits per heavy atom. The van der Waals surface area contributed by atoms with E-state index in [1.807, 2.05) is 30.3 Å². The molecular formula is C15H11N5O4S. The minimum absolute atomic E-state index is 0.00776. The number of carbonyl (C=O) groups excluding carboxylic acids is 1. The molecule has 1 amide bonds. The number of carbonyl (C=O) groups is 1. The van der Waals surface area contributed by atoms with Crippen molar-refractivity contribution < 1.29 is 9.72 Å². The van der Waals surface area contributed by atoms with Crippen LogP contribution in [0.5, 0.6) is 0 Å². The van der Waals surface area contributed by atoms with Crippen LogP contribution in [-0.4, -0.2) is 25.6 Å². The van der Waals surface area contributed by atoms with E-state index in [2.05, 4.69) is 15.4 Å². The van der Waals surface area contributed by atoms with Gasteiger partial charge < -0.3 is 0 Å². The number of nitrogens with zero attached hydrogens (tertiary/aromatic N) is 4. The second-order valence-corrected chi connectivity index (χ2v) is 5.92. The normalized spacial score (nSPS) is 10.4. The number of anilines is 1. The van der Waals surface area contributed by atoms with Gasteiger partial charge in [-0.3, -0.25) is 25.0 Å². The zero-order chi connectivity index (χ0) is 17.8. The van der Waals surface area contributed by atoms with Crippen LogP contribution < -0.4 is 10.9 Å². The van der Waals surface area contributed by atoms with Crippen LogP contribution in [0.2, 0.25) is 0 Å². The highest BCUT2D eigenvalue weighted by molar-refractivity contribution is 7.18. The van der Waals surface area contributed by atoms with Gasteiger partial charge in [-0.05, 0) is 23.0 Å². The van der Waals surface area contributed by atoms with Crippen LogP contribution in [0.4, 0.5) is 10.1 Å². The number of rotatable bonds is 5. The third-order valence-corrected chi connectivity index (χ3v) is 4.03. The van der Waals surface area contributed by atoms with Crippen molar-refractivity contribution in [2.75, 3.05) is 5.32 Å². The fourth-order valence-electron chi connectivity index (χ4n) is 2.01. The fourth-order valence-corrected chi connectivity index (χ4v) is 2.64. The van der Waals surface area contributed by atoms with E-state index in [0.717, 1.165) is 23.1 Å². The van der Waals surface area contributed by atoms with E-state index >= 15 is 0 Å². The molecular weight excluding hydrogens is 346 g/mol. The van der Waals surface area contributed by atoms with E-state index in [0.29, 0.717) is 0 Å². The van der Waals surface area contributed by atoms with Crippen molar-refractivity contribution >= 4 is 27.4 Å². The highest BCUT2D eigenvalue weighted by atomic mass is 32.1. The maximum atomic E-state index is 12.2. The highest BCUT2D eigenvalue weighted by Crippen LogP contribution is 2.25. The maximum absolute atomic E-state index is 12.2. The molecule has 1 aromatic carbocycles. The van der Waals surface area contributed by atoms with Crippen molar-refractivity contribution in [3.63, 3.8) is 0 Å². The molecule has 0 bridgehead atoms. The van der Waals surface area contributed by atoms with Gasteiger partial charge in [-0.1, -0.05) is 30.3 Å². The summed E-state index contributed by atoms with van der Waals surface area (Å²) >= 11 is 0.736. The monoisotopic (exact) mass is 357 g/mol. The molecule has 10 heteroatoms. The smallest absolute Gasteiger partial charge is 0.296 e. The number of benzene rings is 1. The van der Waals surface area contributed by atoms with Crippen LogP contribution in [0, 0.1) is 10.1 Å². The van der Waals surface area contributed by atoms with E-state index in [9.17, 15) is 19.7 Å². The largest absolute Gasteiger partial charge is 0.345 e. The third kappa shape index (κ3) is 3.93. The first kappa shape index (κ1) is 16.5. The molecule has 0 atom stereocenters. The molecule has 2 aromatic heterocycles. The topological polar surface area (TPSA) is 120 Å². The van der Waals surface area contributed by atoms with E-state index in [4.69, 9.17) is 0 Å². The molecule has 0 fully saturated rings. The zero-order valence-electron chi connectivity index (χ0n) is 12.7. The van der Waals surface area contributed by atoms with Gasteiger partial charge in [0.1, 0.15) is 11.9 Å². The first-order chi connectivity index (χ1) is 12.0. The van der Waals surface area contributed by atoms with Crippen molar-refractivity contribution in [3.8, 4) is 0 Å². The Bertz CT molecular complexity index is 983. The zero-order valence-corrected chi connectivity index (χ0v) is 13.5. The van der Waals surface area contributed by atoms with Gasteiger partial charge >= 0.3 is 5.00 Å². The Kier molecular flexibility index (Phi) is 4.61. The summed E-state index contributed by atoms with van der Waals surface area (Å²) in [5.41, 5.74) is 0.531. The second-order valence-electron chi connectivity index (χ2n) is 4.91. The summed E-state index contributed by atoms with van der Waals surface area (Å²) < 4.78 is 1.18. The summed E-state index contributed by atoms with van der Waals surface area (Å²) in [6, 6.07) is 11.8. The molecule has 9 nitrogen and oxygen atoms in total. The molecule has 0 aliphatic heterocycles. The van der Waals surface area contributed by atoms with Gasteiger partial charge in [-0.2, -0.15) is 5.10 Å². The number of thiazole rings is 1. The number of hydrogen-bond donors (Lipinski definition) is 1. The molecule has 2 heterocycles. The van der Waals surface area contributed by atoms with E-state index in [-0.39, 0.29) is 27.9 Å². The molecule has 0 aliphatic carbocycles. The van der Waals surface area contributed by atoms with Crippen LogP contribution >= 0.6 is 11.3 Å². The van der Waals surface area contributed by atoms with Crippen molar-refractivity contribution in [2.45, 2.75) is 6.54 Å². The Morgan fingerprint density at radius 2 is 2.00 bits per heavy atom. The van der Waals surface area contributed by atoms with Crippen LogP contribution in [-0.2, 0) is 6.54 Å². The van der Waals surface area contributed by atoms with Crippen LogP contribution in [0.25, 0.3) is 0 Å². The number of amides is 1. The van der Waals surface area contributed by atoms with Gasteiger partial charge in [0.2, 0.25) is 0 Å². The van der Waals surface area contributed by atoms with Gasteiger partial charge in [0, 0.05) is 6.07 Å². The lowest BCUT2D eigenvalue weighted by atomic mass is 10.2. The minimum Gasteiger partial charge on any atom is -0.296 e. The predicted octanol–water partition coefficient (Wildman–Crippen LogP) is 1.91. The Hall–Kier alpha value is -3.40. The molecule has 3 aromatic rings. The molecule has 0 radical (unpaired) electrons. The van der Waals surface area contributed by atoms with Crippen molar-refractivity contribution in [3.05, 3.63) is 80.4 Å². The lowest BCUT2D eigenvalue weighted by Crippen LogP contribution is -2.26. The molecule has 0 unspecified atom stereocenters. The molecule has 0 saturated carbocycles. The van der Waals surface area contributed by atoms with Gasteiger partial charge in [-0.25, -0.2) is 9.67 Å². The average Bonchev–Trinajstić information content (AvgIpc) is 3.06. The standard InChI is InChI=1S/C15H11N5O4S/c21-12-7-6-11(18-19(12)9-10-4-2-1-3-5-10)14(22)17-15-16-8-13(25-15)20(23)24/h1-8H,9H2,(H,16,17,22). The van der Waals surface area contributed by atoms with Crippen molar-refractivity contribution in [1.29, 1.82) is 0 Å². The number of aromatic nitrogens is 3. The molecule has 1 N–H and O–H groups in total. The SMILES string of the molecule is O=C(Nc1ncc([N+](=O)[O-])s1)c1ccc(=O)n(Cc2ccccc2)n1. The lowest BCUT2D eigenvalue weighted by molar-refractivity contribution is -0.380. The number of nitrogens with one attached hydrogen (secondary N) is 1. The number of hydrogen-bond acceptors (Lipinski definition) is 7. The summed E-state index contributed by atoms with van der Waals surface area (Å²) in [7, 11) is 0. The Labute approximate surface area is 144 Å². The summed E-state index contributed by atoms with van der Waals surface area (Å²) in [6.45, 7) is 0.226. The molecule has 3 rings (SSSR count). The molecule has 25 heavy (non-hydrogen) atoms. The molecule has 126 valence electrons. The average molecular weight is 357 g/mol. The van der Waals surface area contributed by atoms with Gasteiger partial charge in [0.05, 0.1) is 11.5 Å². The third-order valence-electron chi connectivity index (χ3n) is 3.17. The van der Waals surface area contributed by atoms with Crippen molar-refractivity contribution in [1.82, 2.24) is 14.8 Å². The summed E-state index contributed by atoms with van der Waals surface area (Å²) in [5, 5.41) is 17.0. The Morgan fingerprint density at radius 1 is 1.24 bits per heavy atom. The highest BCUT2D eigenvalue weighted by Gasteiger charge is 2.16. The number of nitro groups is 1. The van der Waals surface area contributed by atoms with Gasteiger partial charge in [-0.15, -0.1) is 0 Å². The minimum atomic E-state index is -0.606. The van der Waals surface area contributed by atoms with E-state index in [1.54, 1.807) is 0 Å². The molecule has 0 aliphatic rings. The van der Waals surface area contributed by atoms with Gasteiger partial charge in [0.25, 0.3) is 11.5 Å². The predicted molar refractivity (Wildman–Crippen MR) is 90.8 cm³/mol. The maximum Gasteiger partial charge on any atom is 0.345 e. The van der Waals surface area contributed by atoms with Crippen LogP contribution in [0.15, 0.2) is 53.5 Å². The fraction of sp³-hybridized carbons (Fsp3) is 0.0667. The van der Waals surface area contributed by atoms with Crippen LogP contribution in [0.3, 0.4) is 0 Å². The van der Waals surface area contributed by atoms with E-state index in [1.165, 1.54) is 16.8 Å². The lowest BCUT2D eigenvalue weighted by Gasteiger charge is -2.06. The van der Waals surface area contributed by atoms with E-state index < -0.39 is 10.8 Å². The summed E-state index contributed by atoms with van der Waals surface area (Å²) in [5.74, 6) is -0.606. The van der Waals surface area contributed by atoms with Gasteiger partial charge in [0.15, 0.2) is 5.13 Å². The molecule has 0 saturated heterocycles. The van der Waals surface area contributed by atoms with Crippen LogP contribution in [0.1, 0.15) is 16.1 Å². The quantitative estimate of drug-likeness (QED) is 0.550. The summed E-state index contributed by atoms with van der Waals surface area (Å²) in [4.78, 5) is 37.9. The van der Waals surface area contributed by atoms with Crippen molar-refractivity contribution in [2.24, 2.45) is 0 Å². The second kappa shape index (κ2) is 7.01.